The Balaban J connectivity index is 2.05. The number of nitrogens with zero attached hydrogens (tertiary/aromatic N) is 1. The highest BCUT2D eigenvalue weighted by Crippen LogP contribution is 2.45. The summed E-state index contributed by atoms with van der Waals surface area (Å²) in [4.78, 5) is 0. The maximum Gasteiger partial charge on any atom is 0.188 e. The molecule has 0 bridgehead atoms. The van der Waals surface area contributed by atoms with Gasteiger partial charge in [-0.15, -0.1) is 0 Å². The van der Waals surface area contributed by atoms with Crippen molar-refractivity contribution < 1.29 is 13.9 Å². The lowest BCUT2D eigenvalue weighted by Crippen LogP contribution is -2.41. The SMILES string of the molecule is Cn1ccc2cc(C3OC(C)(C)C(C)(C)O3)c(F)cc21. The molecule has 1 aromatic heterocycles. The van der Waals surface area contributed by atoms with E-state index in [0.717, 1.165) is 10.9 Å². The van der Waals surface area contributed by atoms with Gasteiger partial charge in [0.05, 0.1) is 16.7 Å². The monoisotopic (exact) mass is 277 g/mol. The Kier molecular flexibility index (Phi) is 2.76. The average molecular weight is 277 g/mol. The quantitative estimate of drug-likeness (QED) is 0.788. The lowest BCUT2D eigenvalue weighted by molar-refractivity contribution is -0.0913. The van der Waals surface area contributed by atoms with Crippen molar-refractivity contribution in [1.29, 1.82) is 0 Å². The summed E-state index contributed by atoms with van der Waals surface area (Å²) in [6, 6.07) is 5.31. The number of hydrogen-bond acceptors (Lipinski definition) is 2. The van der Waals surface area contributed by atoms with Crippen molar-refractivity contribution in [2.75, 3.05) is 0 Å². The molecule has 2 aromatic rings. The summed E-state index contributed by atoms with van der Waals surface area (Å²) in [5, 5.41) is 0.985. The van der Waals surface area contributed by atoms with Gasteiger partial charge in [0.25, 0.3) is 0 Å². The van der Waals surface area contributed by atoms with Crippen LogP contribution >= 0.6 is 0 Å². The molecule has 0 amide bonds. The minimum Gasteiger partial charge on any atom is -0.350 e. The predicted molar refractivity (Wildman–Crippen MR) is 75.9 cm³/mol. The first-order valence-corrected chi connectivity index (χ1v) is 6.81. The maximum atomic E-state index is 14.4. The van der Waals surface area contributed by atoms with Gasteiger partial charge in [-0.05, 0) is 45.9 Å². The highest BCUT2D eigenvalue weighted by molar-refractivity contribution is 5.81. The Labute approximate surface area is 118 Å². The molecular weight excluding hydrogens is 257 g/mol. The molecule has 1 aliphatic rings. The highest BCUT2D eigenvalue weighted by atomic mass is 19.1. The minimum atomic E-state index is -0.662. The molecule has 2 heterocycles. The molecule has 0 aliphatic carbocycles. The van der Waals surface area contributed by atoms with Crippen molar-refractivity contribution >= 4 is 10.9 Å². The van der Waals surface area contributed by atoms with Crippen molar-refractivity contribution in [1.82, 2.24) is 4.57 Å². The van der Waals surface area contributed by atoms with Gasteiger partial charge >= 0.3 is 0 Å². The molecule has 3 rings (SSSR count). The van der Waals surface area contributed by atoms with Gasteiger partial charge in [-0.3, -0.25) is 0 Å². The van der Waals surface area contributed by atoms with Gasteiger partial charge in [0, 0.05) is 24.2 Å². The molecule has 0 N–H and O–H groups in total. The number of rotatable bonds is 1. The number of benzene rings is 1. The smallest absolute Gasteiger partial charge is 0.188 e. The first-order chi connectivity index (χ1) is 9.21. The molecule has 1 aromatic carbocycles. The van der Waals surface area contributed by atoms with Gasteiger partial charge in [0.1, 0.15) is 5.82 Å². The van der Waals surface area contributed by atoms with Gasteiger partial charge in [0.15, 0.2) is 6.29 Å². The van der Waals surface area contributed by atoms with Crippen LogP contribution < -0.4 is 0 Å². The topological polar surface area (TPSA) is 23.4 Å². The van der Waals surface area contributed by atoms with Gasteiger partial charge in [0.2, 0.25) is 0 Å². The Bertz CT molecular complexity index is 656. The van der Waals surface area contributed by atoms with Crippen molar-refractivity contribution in [2.24, 2.45) is 7.05 Å². The summed E-state index contributed by atoms with van der Waals surface area (Å²) in [6.07, 6.45) is 1.25. The van der Waals surface area contributed by atoms with Gasteiger partial charge in [-0.1, -0.05) is 0 Å². The molecule has 1 aliphatic heterocycles. The van der Waals surface area contributed by atoms with Crippen LogP contribution in [0.1, 0.15) is 39.5 Å². The molecule has 1 saturated heterocycles. The maximum absolute atomic E-state index is 14.4. The third kappa shape index (κ3) is 1.86. The van der Waals surface area contributed by atoms with E-state index in [9.17, 15) is 4.39 Å². The van der Waals surface area contributed by atoms with Crippen molar-refractivity contribution in [3.63, 3.8) is 0 Å². The van der Waals surface area contributed by atoms with E-state index in [0.29, 0.717) is 5.56 Å². The lowest BCUT2D eigenvalue weighted by Gasteiger charge is -2.30. The molecular formula is C16H20FNO2. The predicted octanol–water partition coefficient (Wildman–Crippen LogP) is 3.92. The standard InChI is InChI=1S/C16H20FNO2/c1-15(2)16(3,4)20-14(19-15)11-8-10-6-7-18(5)13(10)9-12(11)17/h6-9,14H,1-5H3. The molecule has 4 heteroatoms. The van der Waals surface area contributed by atoms with Crippen LogP contribution in [0.15, 0.2) is 24.4 Å². The Hall–Kier alpha value is -1.39. The van der Waals surface area contributed by atoms with Crippen LogP contribution in [-0.2, 0) is 16.5 Å². The van der Waals surface area contributed by atoms with E-state index >= 15 is 0 Å². The molecule has 0 spiro atoms. The van der Waals surface area contributed by atoms with Gasteiger partial charge in [-0.2, -0.15) is 0 Å². The number of hydrogen-bond donors (Lipinski definition) is 0. The Morgan fingerprint density at radius 1 is 1.10 bits per heavy atom. The molecule has 0 saturated carbocycles. The van der Waals surface area contributed by atoms with Crippen molar-refractivity contribution in [3.8, 4) is 0 Å². The number of fused-ring (bicyclic) bond motifs is 1. The zero-order valence-electron chi connectivity index (χ0n) is 12.5. The number of aryl methyl sites for hydroxylation is 1. The number of aromatic nitrogens is 1. The van der Waals surface area contributed by atoms with E-state index in [1.165, 1.54) is 6.07 Å². The normalized spacial score (nSPS) is 21.7. The number of halogens is 1. The van der Waals surface area contributed by atoms with Crippen LogP contribution in [0.5, 0.6) is 0 Å². The van der Waals surface area contributed by atoms with Crippen LogP contribution in [-0.4, -0.2) is 15.8 Å². The molecule has 20 heavy (non-hydrogen) atoms. The fourth-order valence-corrected chi connectivity index (χ4v) is 2.46. The van der Waals surface area contributed by atoms with E-state index < -0.39 is 17.5 Å². The second kappa shape index (κ2) is 4.06. The van der Waals surface area contributed by atoms with E-state index in [1.54, 1.807) is 0 Å². The Morgan fingerprint density at radius 3 is 2.30 bits per heavy atom. The van der Waals surface area contributed by atoms with Crippen LogP contribution in [0.2, 0.25) is 0 Å². The summed E-state index contributed by atoms with van der Waals surface area (Å²) in [5.74, 6) is -0.294. The zero-order chi connectivity index (χ0) is 14.7. The van der Waals surface area contributed by atoms with Crippen LogP contribution in [0.4, 0.5) is 4.39 Å². The third-order valence-corrected chi connectivity index (χ3v) is 4.51. The largest absolute Gasteiger partial charge is 0.350 e. The summed E-state index contributed by atoms with van der Waals surface area (Å²) in [6.45, 7) is 7.86. The summed E-state index contributed by atoms with van der Waals surface area (Å²) < 4.78 is 28.1. The molecule has 0 radical (unpaired) electrons. The zero-order valence-corrected chi connectivity index (χ0v) is 12.5. The lowest BCUT2D eigenvalue weighted by atomic mass is 9.90. The van der Waals surface area contributed by atoms with Gasteiger partial charge in [-0.25, -0.2) is 4.39 Å². The van der Waals surface area contributed by atoms with Gasteiger partial charge < -0.3 is 14.0 Å². The fourth-order valence-electron chi connectivity index (χ4n) is 2.46. The molecule has 0 unspecified atom stereocenters. The van der Waals surface area contributed by atoms with E-state index in [1.807, 2.05) is 57.6 Å². The second-order valence-electron chi connectivity index (χ2n) is 6.45. The minimum absolute atomic E-state index is 0.294. The molecule has 1 fully saturated rings. The van der Waals surface area contributed by atoms with Crippen LogP contribution in [0, 0.1) is 5.82 Å². The van der Waals surface area contributed by atoms with Crippen LogP contribution in [0.25, 0.3) is 10.9 Å². The van der Waals surface area contributed by atoms with Crippen LogP contribution in [0.3, 0.4) is 0 Å². The summed E-state index contributed by atoms with van der Waals surface area (Å²) in [7, 11) is 1.90. The van der Waals surface area contributed by atoms with Crippen molar-refractivity contribution in [2.45, 2.75) is 45.2 Å². The first-order valence-electron chi connectivity index (χ1n) is 6.81. The Morgan fingerprint density at radius 2 is 1.70 bits per heavy atom. The summed E-state index contributed by atoms with van der Waals surface area (Å²) >= 11 is 0. The molecule has 0 atom stereocenters. The van der Waals surface area contributed by atoms with E-state index in [4.69, 9.17) is 9.47 Å². The molecule has 108 valence electrons. The van der Waals surface area contributed by atoms with Crippen molar-refractivity contribution in [3.05, 3.63) is 35.8 Å². The fraction of sp³-hybridized carbons (Fsp3) is 0.500. The third-order valence-electron chi connectivity index (χ3n) is 4.51. The highest BCUT2D eigenvalue weighted by Gasteiger charge is 2.50. The summed E-state index contributed by atoms with van der Waals surface area (Å²) in [5.41, 5.74) is 0.399. The number of ether oxygens (including phenoxy) is 2. The van der Waals surface area contributed by atoms with E-state index in [2.05, 4.69) is 0 Å². The first kappa shape index (κ1) is 13.6. The average Bonchev–Trinajstić information content (AvgIpc) is 2.77. The second-order valence-corrected chi connectivity index (χ2v) is 6.45. The van der Waals surface area contributed by atoms with E-state index in [-0.39, 0.29) is 5.82 Å². The molecule has 3 nitrogen and oxygen atoms in total.